The Hall–Kier alpha value is -1.27. The largest absolute Gasteiger partial charge is 0.394 e. The first-order valence-electron chi connectivity index (χ1n) is 41.9. The van der Waals surface area contributed by atoms with E-state index in [1.165, 1.54) is 347 Å². The van der Waals surface area contributed by atoms with Crippen LogP contribution in [0, 0.1) is 0 Å². The molecule has 14 nitrogen and oxygen atoms in total. The van der Waals surface area contributed by atoms with E-state index in [0.29, 0.717) is 0 Å². The minimum absolute atomic E-state index is 0.228. The molecule has 0 aromatic heterocycles. The number of carbonyl (C=O) groups is 1. The number of aliphatic hydroxyl groups is 8. The first kappa shape index (κ1) is 90.8. The lowest BCUT2D eigenvalue weighted by atomic mass is 9.97. The molecule has 0 aromatic carbocycles. The van der Waals surface area contributed by atoms with E-state index in [1.54, 1.807) is 6.08 Å². The first-order valence-corrected chi connectivity index (χ1v) is 41.9. The van der Waals surface area contributed by atoms with Gasteiger partial charge >= 0.3 is 0 Å². The van der Waals surface area contributed by atoms with Gasteiger partial charge in [-0.25, -0.2) is 0 Å². The van der Waals surface area contributed by atoms with Crippen molar-refractivity contribution in [2.75, 3.05) is 19.8 Å². The van der Waals surface area contributed by atoms with Crippen LogP contribution in [-0.4, -0.2) is 140 Å². The van der Waals surface area contributed by atoms with E-state index >= 15 is 0 Å². The fraction of sp³-hybridized carbons (Fsp3) is 0.963. The molecular weight excluding hydrogens is 1210 g/mol. The summed E-state index contributed by atoms with van der Waals surface area (Å²) in [4.78, 5) is 13.4. The number of carbonyl (C=O) groups excluding carboxylic acids is 1. The minimum Gasteiger partial charge on any atom is -0.394 e. The third-order valence-electron chi connectivity index (χ3n) is 21.0. The van der Waals surface area contributed by atoms with Gasteiger partial charge in [-0.2, -0.15) is 0 Å². The zero-order valence-corrected chi connectivity index (χ0v) is 62.7. The monoisotopic (exact) mass is 1370 g/mol. The SMILES string of the molecule is CCCCCCCCCCCCCCCCCCCCCCCCCCCCCC/C=C/C(O)C(COC1OC(CO)C(OC2OC(CO)C(O)C(O)C2O)C(O)C1O)NC(=O)CCCCCCCCCCCCCCCCCCCCCCCCCCCCCCCCCC. The molecular formula is C82H159NO13. The van der Waals surface area contributed by atoms with Gasteiger partial charge in [0.05, 0.1) is 32.0 Å². The van der Waals surface area contributed by atoms with E-state index in [1.807, 2.05) is 6.08 Å². The molecule has 12 atom stereocenters. The molecule has 2 heterocycles. The molecule has 2 aliphatic rings. The van der Waals surface area contributed by atoms with E-state index < -0.39 is 86.8 Å². The second kappa shape index (κ2) is 66.9. The number of ether oxygens (including phenoxy) is 4. The number of amides is 1. The van der Waals surface area contributed by atoms with Gasteiger partial charge < -0.3 is 65.1 Å². The van der Waals surface area contributed by atoms with Crippen LogP contribution in [0.1, 0.15) is 412 Å². The van der Waals surface area contributed by atoms with E-state index in [-0.39, 0.29) is 18.9 Å². The quantitative estimate of drug-likeness (QED) is 0.0204. The molecule has 9 N–H and O–H groups in total. The number of rotatable bonds is 72. The topological polar surface area (TPSA) is 228 Å². The summed E-state index contributed by atoms with van der Waals surface area (Å²) in [5.41, 5.74) is 0. The lowest BCUT2D eigenvalue weighted by molar-refractivity contribution is -0.359. The van der Waals surface area contributed by atoms with Crippen molar-refractivity contribution in [3.8, 4) is 0 Å². The third kappa shape index (κ3) is 49.4. The summed E-state index contributed by atoms with van der Waals surface area (Å²) in [7, 11) is 0. The smallest absolute Gasteiger partial charge is 0.220 e. The molecule has 0 aliphatic carbocycles. The van der Waals surface area contributed by atoms with Gasteiger partial charge in [-0.1, -0.05) is 398 Å². The Bertz CT molecular complexity index is 1660. The molecule has 14 heteroatoms. The van der Waals surface area contributed by atoms with Gasteiger partial charge in [0, 0.05) is 6.42 Å². The molecule has 12 unspecified atom stereocenters. The molecule has 0 saturated carbocycles. The normalized spacial score (nSPS) is 22.2. The van der Waals surface area contributed by atoms with Crippen LogP contribution >= 0.6 is 0 Å². The molecule has 2 aliphatic heterocycles. The number of nitrogens with one attached hydrogen (secondary N) is 1. The predicted molar refractivity (Wildman–Crippen MR) is 397 cm³/mol. The van der Waals surface area contributed by atoms with Crippen LogP contribution in [0.15, 0.2) is 12.2 Å². The van der Waals surface area contributed by atoms with Crippen molar-refractivity contribution in [1.29, 1.82) is 0 Å². The molecule has 2 rings (SSSR count). The Balaban J connectivity index is 1.60. The van der Waals surface area contributed by atoms with Gasteiger partial charge in [-0.05, 0) is 19.3 Å². The highest BCUT2D eigenvalue weighted by molar-refractivity contribution is 5.76. The first-order chi connectivity index (χ1) is 47.1. The van der Waals surface area contributed by atoms with Crippen LogP contribution in [0.25, 0.3) is 0 Å². The Morgan fingerprint density at radius 2 is 0.646 bits per heavy atom. The van der Waals surface area contributed by atoms with Gasteiger partial charge in [0.2, 0.25) is 5.91 Å². The van der Waals surface area contributed by atoms with Crippen LogP contribution in [0.5, 0.6) is 0 Å². The van der Waals surface area contributed by atoms with Gasteiger partial charge in [0.25, 0.3) is 0 Å². The average Bonchev–Trinajstić information content (AvgIpc) is 0.796. The van der Waals surface area contributed by atoms with Crippen molar-refractivity contribution in [1.82, 2.24) is 5.32 Å². The summed E-state index contributed by atoms with van der Waals surface area (Å²) in [6, 6.07) is -0.913. The fourth-order valence-corrected chi connectivity index (χ4v) is 14.4. The third-order valence-corrected chi connectivity index (χ3v) is 21.0. The van der Waals surface area contributed by atoms with E-state index in [4.69, 9.17) is 18.9 Å². The summed E-state index contributed by atoms with van der Waals surface area (Å²) < 4.78 is 22.9. The van der Waals surface area contributed by atoms with E-state index in [2.05, 4.69) is 19.2 Å². The van der Waals surface area contributed by atoms with Crippen molar-refractivity contribution >= 4 is 5.91 Å². The number of unbranched alkanes of at least 4 members (excludes halogenated alkanes) is 59. The summed E-state index contributed by atoms with van der Waals surface area (Å²) in [5, 5.41) is 87.8. The molecule has 96 heavy (non-hydrogen) atoms. The maximum absolute atomic E-state index is 13.4. The Morgan fingerprint density at radius 3 is 0.958 bits per heavy atom. The second-order valence-electron chi connectivity index (χ2n) is 30.0. The summed E-state index contributed by atoms with van der Waals surface area (Å²) in [6.45, 7) is 2.89. The molecule has 0 bridgehead atoms. The van der Waals surface area contributed by atoms with Gasteiger partial charge in [-0.3, -0.25) is 4.79 Å². The zero-order chi connectivity index (χ0) is 69.4. The van der Waals surface area contributed by atoms with Crippen molar-refractivity contribution in [3.05, 3.63) is 12.2 Å². The maximum atomic E-state index is 13.4. The standard InChI is InChI=1S/C82H159NO13/c1-3-5-7-9-11-13-15-17-19-21-23-25-27-29-31-33-35-36-38-40-42-44-46-48-50-52-54-56-58-60-62-64-66-74(87)83-70(69-93-81-79(92)77(90)80(73(68-85)95-81)96-82-78(91)76(89)75(88)72(67-84)94-82)71(86)65-63-61-59-57-55-53-51-49-47-45-43-41-39-37-34-32-30-28-26-24-22-20-18-16-14-12-10-8-6-4-2/h63,65,70-73,75-82,84-86,88-92H,3-62,64,66-69H2,1-2H3,(H,83,87)/b65-63+. The van der Waals surface area contributed by atoms with Gasteiger partial charge in [0.1, 0.15) is 48.8 Å². The highest BCUT2D eigenvalue weighted by Crippen LogP contribution is 2.31. The molecule has 570 valence electrons. The molecule has 0 spiro atoms. The highest BCUT2D eigenvalue weighted by Gasteiger charge is 2.51. The van der Waals surface area contributed by atoms with Crippen molar-refractivity contribution < 1.29 is 64.6 Å². The average molecular weight is 1370 g/mol. The Morgan fingerprint density at radius 1 is 0.365 bits per heavy atom. The molecule has 2 saturated heterocycles. The summed E-state index contributed by atoms with van der Waals surface area (Å²) in [5.74, 6) is -0.228. The molecule has 0 aromatic rings. The highest BCUT2D eigenvalue weighted by atomic mass is 16.7. The van der Waals surface area contributed by atoms with Crippen molar-refractivity contribution in [2.24, 2.45) is 0 Å². The number of hydrogen-bond donors (Lipinski definition) is 9. The lowest BCUT2D eigenvalue weighted by Crippen LogP contribution is -2.65. The van der Waals surface area contributed by atoms with Crippen LogP contribution in [0.4, 0.5) is 0 Å². The maximum Gasteiger partial charge on any atom is 0.220 e. The molecule has 0 radical (unpaired) electrons. The Kier molecular flexibility index (Phi) is 63.3. The van der Waals surface area contributed by atoms with E-state index in [0.717, 1.165) is 44.9 Å². The molecule has 1 amide bonds. The van der Waals surface area contributed by atoms with Crippen LogP contribution < -0.4 is 5.32 Å². The number of allylic oxidation sites excluding steroid dienone is 1. The second-order valence-corrected chi connectivity index (χ2v) is 30.0. The van der Waals surface area contributed by atoms with Crippen LogP contribution in [0.2, 0.25) is 0 Å². The van der Waals surface area contributed by atoms with Crippen LogP contribution in [0.3, 0.4) is 0 Å². The number of aliphatic hydroxyl groups excluding tert-OH is 8. The minimum atomic E-state index is -1.79. The van der Waals surface area contributed by atoms with Crippen molar-refractivity contribution in [3.63, 3.8) is 0 Å². The van der Waals surface area contributed by atoms with Gasteiger partial charge in [-0.15, -0.1) is 0 Å². The summed E-state index contributed by atoms with van der Waals surface area (Å²) >= 11 is 0. The lowest BCUT2D eigenvalue weighted by Gasteiger charge is -2.46. The fourth-order valence-electron chi connectivity index (χ4n) is 14.4. The van der Waals surface area contributed by atoms with E-state index in [9.17, 15) is 45.6 Å². The van der Waals surface area contributed by atoms with Crippen molar-refractivity contribution in [2.45, 2.75) is 485 Å². The number of hydrogen-bond acceptors (Lipinski definition) is 13. The van der Waals surface area contributed by atoms with Crippen LogP contribution in [-0.2, 0) is 23.7 Å². The molecule has 2 fully saturated rings. The zero-order valence-electron chi connectivity index (χ0n) is 62.7. The summed E-state index contributed by atoms with van der Waals surface area (Å²) in [6.07, 6.45) is 68.8. The van der Waals surface area contributed by atoms with Gasteiger partial charge in [0.15, 0.2) is 12.6 Å². The predicted octanol–water partition coefficient (Wildman–Crippen LogP) is 19.3. The Labute approximate surface area is 590 Å².